The van der Waals surface area contributed by atoms with Crippen molar-refractivity contribution in [3.8, 4) is 5.75 Å². The number of guanidine groups is 1. The maximum absolute atomic E-state index is 6.17. The molecule has 0 heterocycles. The van der Waals surface area contributed by atoms with Crippen LogP contribution >= 0.6 is 35.6 Å². The summed E-state index contributed by atoms with van der Waals surface area (Å²) in [5.41, 5.74) is 2.24. The predicted molar refractivity (Wildman–Crippen MR) is 133 cm³/mol. The number of hydrogen-bond acceptors (Lipinski definition) is 4. The lowest BCUT2D eigenvalue weighted by Gasteiger charge is -2.15. The SMILES string of the molecule is CN=C(NCCCOCCOC)NCc1ccccc1COc1ccccc1Cl.I. The molecule has 0 aliphatic heterocycles. The molecule has 0 spiro atoms. The average molecular weight is 548 g/mol. The number of halogens is 2. The standard InChI is InChI=1S/C22H30ClN3O3.HI/c1-24-22(25-12-7-13-28-15-14-27-2)26-16-18-8-3-4-9-19(18)17-29-21-11-6-5-10-20(21)23;/h3-6,8-11H,7,12-17H2,1-2H3,(H2,24,25,26);1H. The molecule has 2 aromatic carbocycles. The van der Waals surface area contributed by atoms with Gasteiger partial charge < -0.3 is 24.8 Å². The first-order valence-electron chi connectivity index (χ1n) is 9.70. The van der Waals surface area contributed by atoms with Crippen LogP contribution < -0.4 is 15.4 Å². The zero-order valence-electron chi connectivity index (χ0n) is 17.5. The minimum Gasteiger partial charge on any atom is -0.487 e. The average Bonchev–Trinajstić information content (AvgIpc) is 2.75. The van der Waals surface area contributed by atoms with Gasteiger partial charge in [0.1, 0.15) is 12.4 Å². The molecule has 0 saturated carbocycles. The van der Waals surface area contributed by atoms with E-state index in [-0.39, 0.29) is 24.0 Å². The van der Waals surface area contributed by atoms with E-state index in [1.807, 2.05) is 36.4 Å². The van der Waals surface area contributed by atoms with Crippen molar-refractivity contribution >= 4 is 41.5 Å². The Morgan fingerprint density at radius 1 is 0.967 bits per heavy atom. The Kier molecular flexibility index (Phi) is 14.3. The molecule has 2 aromatic rings. The van der Waals surface area contributed by atoms with Gasteiger partial charge in [0.15, 0.2) is 5.96 Å². The second-order valence-corrected chi connectivity index (χ2v) is 6.71. The number of methoxy groups -OCH3 is 1. The zero-order valence-corrected chi connectivity index (χ0v) is 20.6. The van der Waals surface area contributed by atoms with Gasteiger partial charge in [0.2, 0.25) is 0 Å². The molecule has 30 heavy (non-hydrogen) atoms. The molecular weight excluding hydrogens is 517 g/mol. The second kappa shape index (κ2) is 16.2. The number of nitrogens with zero attached hydrogens (tertiary/aromatic N) is 1. The molecule has 8 heteroatoms. The van der Waals surface area contributed by atoms with E-state index in [0.717, 1.165) is 30.1 Å². The molecule has 166 valence electrons. The number of rotatable bonds is 12. The van der Waals surface area contributed by atoms with Crippen LogP contribution in [0.25, 0.3) is 0 Å². The number of aliphatic imine (C=N–C) groups is 1. The van der Waals surface area contributed by atoms with Crippen LogP contribution in [-0.2, 0) is 22.6 Å². The maximum atomic E-state index is 6.17. The fourth-order valence-electron chi connectivity index (χ4n) is 2.61. The lowest BCUT2D eigenvalue weighted by molar-refractivity contribution is 0.0698. The molecule has 0 unspecified atom stereocenters. The van der Waals surface area contributed by atoms with Crippen molar-refractivity contribution in [2.24, 2.45) is 4.99 Å². The number of benzene rings is 2. The Morgan fingerprint density at radius 2 is 1.70 bits per heavy atom. The minimum absolute atomic E-state index is 0. The van der Waals surface area contributed by atoms with Crippen molar-refractivity contribution in [1.82, 2.24) is 10.6 Å². The summed E-state index contributed by atoms with van der Waals surface area (Å²) in [5, 5.41) is 7.25. The van der Waals surface area contributed by atoms with E-state index in [2.05, 4.69) is 27.8 Å². The first-order chi connectivity index (χ1) is 14.2. The van der Waals surface area contributed by atoms with Gasteiger partial charge in [-0.25, -0.2) is 0 Å². The van der Waals surface area contributed by atoms with Crippen molar-refractivity contribution in [2.45, 2.75) is 19.6 Å². The third-order valence-corrected chi connectivity index (χ3v) is 4.51. The Balaban J connectivity index is 0.00000450. The fourth-order valence-corrected chi connectivity index (χ4v) is 2.80. The molecule has 0 bridgehead atoms. The third-order valence-electron chi connectivity index (χ3n) is 4.20. The monoisotopic (exact) mass is 547 g/mol. The van der Waals surface area contributed by atoms with Crippen molar-refractivity contribution in [2.75, 3.05) is 40.5 Å². The summed E-state index contributed by atoms with van der Waals surface area (Å²) in [5.74, 6) is 1.44. The van der Waals surface area contributed by atoms with E-state index in [4.69, 9.17) is 25.8 Å². The third kappa shape index (κ3) is 9.97. The van der Waals surface area contributed by atoms with Crippen LogP contribution in [0.4, 0.5) is 0 Å². The van der Waals surface area contributed by atoms with Crippen LogP contribution in [0.3, 0.4) is 0 Å². The van der Waals surface area contributed by atoms with E-state index in [1.165, 1.54) is 0 Å². The first-order valence-corrected chi connectivity index (χ1v) is 10.1. The largest absolute Gasteiger partial charge is 0.487 e. The first kappa shape index (κ1) is 26.5. The van der Waals surface area contributed by atoms with Crippen LogP contribution in [-0.4, -0.2) is 46.5 Å². The molecule has 2 N–H and O–H groups in total. The number of ether oxygens (including phenoxy) is 3. The lowest BCUT2D eigenvalue weighted by atomic mass is 10.1. The van der Waals surface area contributed by atoms with Crippen LogP contribution in [0.15, 0.2) is 53.5 Å². The summed E-state index contributed by atoms with van der Waals surface area (Å²) in [4.78, 5) is 4.27. The van der Waals surface area contributed by atoms with E-state index < -0.39 is 0 Å². The van der Waals surface area contributed by atoms with E-state index >= 15 is 0 Å². The number of hydrogen-bond donors (Lipinski definition) is 2. The van der Waals surface area contributed by atoms with E-state index in [1.54, 1.807) is 14.2 Å². The van der Waals surface area contributed by atoms with E-state index in [9.17, 15) is 0 Å². The topological polar surface area (TPSA) is 64.1 Å². The van der Waals surface area contributed by atoms with Crippen LogP contribution in [0.5, 0.6) is 5.75 Å². The molecule has 6 nitrogen and oxygen atoms in total. The molecule has 0 fully saturated rings. The van der Waals surface area contributed by atoms with Crippen molar-refractivity contribution in [3.05, 3.63) is 64.7 Å². The van der Waals surface area contributed by atoms with Gasteiger partial charge in [0.25, 0.3) is 0 Å². The highest BCUT2D eigenvalue weighted by Gasteiger charge is 2.06. The summed E-state index contributed by atoms with van der Waals surface area (Å²) >= 11 is 6.17. The smallest absolute Gasteiger partial charge is 0.191 e. The van der Waals surface area contributed by atoms with E-state index in [0.29, 0.717) is 43.7 Å². The quantitative estimate of drug-likeness (QED) is 0.180. The molecule has 2 rings (SSSR count). The van der Waals surface area contributed by atoms with Crippen LogP contribution in [0, 0.1) is 0 Å². The number of para-hydroxylation sites is 1. The molecule has 0 aromatic heterocycles. The normalized spacial score (nSPS) is 11.0. The Hall–Kier alpha value is -1.55. The maximum Gasteiger partial charge on any atom is 0.191 e. The minimum atomic E-state index is 0. The molecular formula is C22H31ClIN3O3. The summed E-state index contributed by atoms with van der Waals surface area (Å²) in [7, 11) is 3.43. The van der Waals surface area contributed by atoms with Crippen molar-refractivity contribution in [1.29, 1.82) is 0 Å². The highest BCUT2D eigenvalue weighted by molar-refractivity contribution is 14.0. The van der Waals surface area contributed by atoms with Crippen LogP contribution in [0.1, 0.15) is 17.5 Å². The van der Waals surface area contributed by atoms with Crippen molar-refractivity contribution < 1.29 is 14.2 Å². The fraction of sp³-hybridized carbons (Fsp3) is 0.409. The second-order valence-electron chi connectivity index (χ2n) is 6.30. The summed E-state index contributed by atoms with van der Waals surface area (Å²) in [6, 6.07) is 15.6. The molecule has 0 saturated heterocycles. The molecule has 0 radical (unpaired) electrons. The lowest BCUT2D eigenvalue weighted by Crippen LogP contribution is -2.37. The zero-order chi connectivity index (χ0) is 20.7. The van der Waals surface area contributed by atoms with Crippen LogP contribution in [0.2, 0.25) is 5.02 Å². The van der Waals surface area contributed by atoms with Gasteiger partial charge >= 0.3 is 0 Å². The molecule has 0 aliphatic rings. The Bertz CT molecular complexity index is 762. The Labute approximate surface area is 201 Å². The summed E-state index contributed by atoms with van der Waals surface area (Å²) < 4.78 is 16.3. The van der Waals surface area contributed by atoms with Gasteiger partial charge in [0, 0.05) is 33.9 Å². The van der Waals surface area contributed by atoms with Gasteiger partial charge in [-0.2, -0.15) is 0 Å². The predicted octanol–water partition coefficient (Wildman–Crippen LogP) is 4.26. The van der Waals surface area contributed by atoms with Gasteiger partial charge in [-0.05, 0) is 29.7 Å². The highest BCUT2D eigenvalue weighted by Crippen LogP contribution is 2.24. The summed E-state index contributed by atoms with van der Waals surface area (Å²) in [6.07, 6.45) is 0.896. The molecule has 0 aliphatic carbocycles. The Morgan fingerprint density at radius 3 is 2.43 bits per heavy atom. The van der Waals surface area contributed by atoms with Gasteiger partial charge in [0.05, 0.1) is 18.2 Å². The highest BCUT2D eigenvalue weighted by atomic mass is 127. The van der Waals surface area contributed by atoms with Crippen molar-refractivity contribution in [3.63, 3.8) is 0 Å². The number of nitrogens with one attached hydrogen (secondary N) is 2. The molecule has 0 amide bonds. The summed E-state index contributed by atoms with van der Waals surface area (Å²) in [6.45, 7) is 3.81. The molecule has 0 atom stereocenters. The van der Waals surface area contributed by atoms with Gasteiger partial charge in [-0.1, -0.05) is 48.0 Å². The van der Waals surface area contributed by atoms with Gasteiger partial charge in [-0.3, -0.25) is 4.99 Å². The van der Waals surface area contributed by atoms with Gasteiger partial charge in [-0.15, -0.1) is 24.0 Å².